The highest BCUT2D eigenvalue weighted by atomic mass is 16.6. The quantitative estimate of drug-likeness (QED) is 0.0199. The summed E-state index contributed by atoms with van der Waals surface area (Å²) < 4.78 is 36.3. The van der Waals surface area contributed by atoms with Crippen LogP contribution in [0.5, 0.6) is 0 Å². The van der Waals surface area contributed by atoms with Crippen LogP contribution < -0.4 is 0 Å². The molecule has 0 spiro atoms. The molecular formula is C123H222O25. The molecule has 12 rings (SSSR count). The maximum absolute atomic E-state index is 13.5. The molecule has 12 aliphatic rings. The Morgan fingerprint density at radius 2 is 0.466 bits per heavy atom. The zero-order valence-electron chi connectivity index (χ0n) is 101. The zero-order chi connectivity index (χ0) is 114. The number of aliphatic hydroxyl groups is 13. The Morgan fingerprint density at radius 1 is 0.243 bits per heavy atom. The molecule has 0 aromatic carbocycles. The molecule has 0 amide bonds. The second-order valence-electron chi connectivity index (χ2n) is 57.8. The molecule has 12 saturated carbocycles. The Morgan fingerprint density at radius 3 is 0.703 bits per heavy atom. The molecule has 25 nitrogen and oxygen atoms in total. The van der Waals surface area contributed by atoms with E-state index in [0.29, 0.717) is 199 Å². The van der Waals surface area contributed by atoms with Crippen LogP contribution in [-0.2, 0) is 57.2 Å². The topological polar surface area (TPSA) is 421 Å². The number of carbonyl (C=O) groups excluding carboxylic acids is 6. The van der Waals surface area contributed by atoms with E-state index in [1.807, 2.05) is 235 Å². The molecule has 25 heteroatoms. The number of carbonyl (C=O) groups is 6. The van der Waals surface area contributed by atoms with Crippen molar-refractivity contribution < 1.29 is 124 Å². The summed E-state index contributed by atoms with van der Waals surface area (Å²) >= 11 is 0. The van der Waals surface area contributed by atoms with Gasteiger partial charge in [-0.2, -0.15) is 0 Å². The predicted octanol–water partition coefficient (Wildman–Crippen LogP) is 22.5. The van der Waals surface area contributed by atoms with Crippen LogP contribution in [0.4, 0.5) is 0 Å². The minimum Gasteiger partial charge on any atom is -0.461 e. The average molecular weight is 2100 g/mol. The first-order chi connectivity index (χ1) is 67.1. The lowest BCUT2D eigenvalue weighted by Gasteiger charge is -2.77. The molecule has 12 unspecified atom stereocenters. The Labute approximate surface area is 896 Å². The third kappa shape index (κ3) is 28.0. The van der Waals surface area contributed by atoms with Crippen LogP contribution in [0.25, 0.3) is 0 Å². The van der Waals surface area contributed by atoms with Crippen molar-refractivity contribution in [3.63, 3.8) is 0 Å². The summed E-state index contributed by atoms with van der Waals surface area (Å²) in [6.45, 7) is 71.2. The highest BCUT2D eigenvalue weighted by Gasteiger charge is 2.80. The highest BCUT2D eigenvalue weighted by molar-refractivity contribution is 5.81. The lowest BCUT2D eigenvalue weighted by molar-refractivity contribution is -0.345. The van der Waals surface area contributed by atoms with E-state index in [-0.39, 0.29) is 89.1 Å². The van der Waals surface area contributed by atoms with Gasteiger partial charge in [0.2, 0.25) is 0 Å². The van der Waals surface area contributed by atoms with E-state index in [1.165, 1.54) is 0 Å². The van der Waals surface area contributed by atoms with E-state index >= 15 is 0 Å². The smallest absolute Gasteiger partial charge is 0.344 e. The third-order valence-electron chi connectivity index (χ3n) is 43.1. The van der Waals surface area contributed by atoms with Gasteiger partial charge in [0, 0.05) is 27.1 Å². The molecule has 0 heterocycles. The monoisotopic (exact) mass is 2100 g/mol. The van der Waals surface area contributed by atoms with Crippen LogP contribution in [0.1, 0.15) is 507 Å². The summed E-state index contributed by atoms with van der Waals surface area (Å²) in [5.41, 5.74) is -19.3. The lowest BCUT2D eigenvalue weighted by Crippen LogP contribution is -2.77. The van der Waals surface area contributed by atoms with Gasteiger partial charge < -0.3 is 94.8 Å². The first kappa shape index (κ1) is 131. The first-order valence-electron chi connectivity index (χ1n) is 58.7. The molecule has 13 N–H and O–H groups in total. The molecule has 12 atom stereocenters. The number of rotatable bonds is 43. The van der Waals surface area contributed by atoms with Gasteiger partial charge in [0.05, 0.1) is 94.5 Å². The molecule has 0 saturated heterocycles. The summed E-state index contributed by atoms with van der Waals surface area (Å²) in [4.78, 5) is 78.3. The van der Waals surface area contributed by atoms with Crippen molar-refractivity contribution in [2.24, 2.45) is 126 Å². The summed E-state index contributed by atoms with van der Waals surface area (Å²) in [6.07, 6.45) is 24.2. The highest BCUT2D eigenvalue weighted by Crippen LogP contribution is 2.80. The Bertz CT molecular complexity index is 4050. The maximum atomic E-state index is 13.5. The molecule has 0 aromatic heterocycles. The van der Waals surface area contributed by atoms with Crippen molar-refractivity contribution in [1.82, 2.24) is 0 Å². The number of ether oxygens (including phenoxy) is 6. The van der Waals surface area contributed by atoms with Gasteiger partial charge in [0.1, 0.15) is 23.4 Å². The number of hydrogen-bond donors (Lipinski definition) is 13. The van der Waals surface area contributed by atoms with Crippen molar-refractivity contribution in [3.05, 3.63) is 0 Å². The molecular weight excluding hydrogens is 1880 g/mol. The van der Waals surface area contributed by atoms with Crippen molar-refractivity contribution in [2.75, 3.05) is 13.2 Å². The fourth-order valence-electron chi connectivity index (χ4n) is 31.9. The summed E-state index contributed by atoms with van der Waals surface area (Å²) in [7, 11) is 0. The molecule has 864 valence electrons. The van der Waals surface area contributed by atoms with Gasteiger partial charge in [0.25, 0.3) is 0 Å². The van der Waals surface area contributed by atoms with Gasteiger partial charge in [-0.1, -0.05) is 96.9 Å². The van der Waals surface area contributed by atoms with Crippen LogP contribution in [0.3, 0.4) is 0 Å². The minimum absolute atomic E-state index is 0.0359. The van der Waals surface area contributed by atoms with E-state index in [2.05, 4.69) is 0 Å². The van der Waals surface area contributed by atoms with Crippen molar-refractivity contribution in [3.8, 4) is 0 Å². The van der Waals surface area contributed by atoms with Gasteiger partial charge in [-0.25, -0.2) is 9.59 Å². The largest absolute Gasteiger partial charge is 0.461 e. The first-order valence-corrected chi connectivity index (χ1v) is 58.7. The maximum Gasteiger partial charge on any atom is 0.344 e. The standard InChI is InChI=1S/C33H58O7.2C31H58O6.C28H48O6/c1-10-26(8,9)25(35)39-17-24(34)40-30-21-27(31(36,11-2)12-3)18-28(22-30,32(37,13-4)14-5)20-29(19-27,23-30)33(38,15-6)16-7;1-12-27(2,3)26(32)37-25(19-13-21(28(4,5)33)17-22(14-19)29(6,7)34)20-15-23(30(8,9)35)18-24(16-20)31(10,11)36;1-12-27(2,3)26(32)37-25(19-13-15-21(28(4,5)33)23(17-19)30(8,9)35)20-14-16-22(29(6,7)34)24(18-20)31(10,11)36;1-8-23(6,7)22(30)33-16-21(29)34-26-15-20-13-24(18-26,27(31,9-2)10-3)17-25(14-20,19-26)28(32,11-4)12-5/h36-38H,10-23H2,1-9H3;2*19-25,33-36H,12-18H2,1-11H3;20,31-32H,8-19H2,1-7H3. The lowest BCUT2D eigenvalue weighted by atomic mass is 9.30. The fraction of sp³-hybridized carbons (Fsp3) is 0.951. The Hall–Kier alpha value is -3.70. The van der Waals surface area contributed by atoms with Gasteiger partial charge in [0.15, 0.2) is 13.2 Å². The summed E-state index contributed by atoms with van der Waals surface area (Å²) in [6, 6.07) is 0. The van der Waals surface area contributed by atoms with Gasteiger partial charge in [-0.05, 0) is 487 Å². The van der Waals surface area contributed by atoms with Crippen LogP contribution in [0, 0.1) is 126 Å². The molecule has 0 aliphatic heterocycles. The fourth-order valence-corrected chi connectivity index (χ4v) is 31.9. The van der Waals surface area contributed by atoms with Crippen molar-refractivity contribution in [1.29, 1.82) is 0 Å². The molecule has 12 fully saturated rings. The van der Waals surface area contributed by atoms with Crippen molar-refractivity contribution >= 4 is 35.8 Å². The molecule has 12 aliphatic carbocycles. The van der Waals surface area contributed by atoms with Crippen LogP contribution >= 0.6 is 0 Å². The van der Waals surface area contributed by atoms with Gasteiger partial charge in [-0.3, -0.25) is 19.2 Å². The van der Waals surface area contributed by atoms with E-state index in [9.17, 15) is 95.2 Å². The second kappa shape index (κ2) is 46.7. The molecule has 0 radical (unpaired) electrons. The molecule has 0 aromatic rings. The van der Waals surface area contributed by atoms with Crippen LogP contribution in [0.2, 0.25) is 0 Å². The summed E-state index contributed by atoms with van der Waals surface area (Å²) in [5, 5.41) is 149. The number of hydrogen-bond acceptors (Lipinski definition) is 25. The van der Waals surface area contributed by atoms with E-state index in [1.54, 1.807) is 27.7 Å². The Kier molecular flexibility index (Phi) is 41.4. The zero-order valence-corrected chi connectivity index (χ0v) is 101. The average Bonchev–Trinajstić information content (AvgIpc) is 0.653. The van der Waals surface area contributed by atoms with Gasteiger partial charge >= 0.3 is 35.8 Å². The van der Waals surface area contributed by atoms with E-state index in [4.69, 9.17) is 28.4 Å². The van der Waals surface area contributed by atoms with E-state index < -0.39 is 176 Å². The SMILES string of the molecule is CCC(C)(C)C(=O)OC(C1CC(C(C)(C)O)CC(C(C)(C)O)C1)C1CC(C(C)(C)O)CC(C(C)(C)O)C1.CCC(C)(C)C(=O)OC(C1CCC(C(C)(C)O)C(C(C)(C)O)C1)C1CCC(C(C)(C)O)C(C(C)(C)O)C1.CCC(C)(C)C(=O)OCC(=O)OC12CC3(C(O)(CC)CC)CC(C(O)(CC)CC)(C1)CC(C(O)(CC)CC)(C2)C3.CCC(C)(C)C(=O)OCC(=O)OC12CC3CC(C(O)(CC)CC)(C1)CC(C(O)(CC)CC)(C3)C2. The Balaban J connectivity index is 0.000000267. The van der Waals surface area contributed by atoms with Gasteiger partial charge in [-0.15, -0.1) is 0 Å². The second-order valence-corrected chi connectivity index (χ2v) is 57.8. The van der Waals surface area contributed by atoms with E-state index in [0.717, 1.165) is 51.4 Å². The third-order valence-corrected chi connectivity index (χ3v) is 43.1. The minimum atomic E-state index is -1.04. The molecule has 148 heavy (non-hydrogen) atoms. The summed E-state index contributed by atoms with van der Waals surface area (Å²) in [5.74, 6) is -2.61. The molecule has 8 bridgehead atoms. The van der Waals surface area contributed by atoms with Crippen LogP contribution in [0.15, 0.2) is 0 Å². The van der Waals surface area contributed by atoms with Crippen molar-refractivity contribution in [2.45, 2.75) is 603 Å². The normalized spacial score (nSPS) is 32.2. The predicted molar refractivity (Wildman–Crippen MR) is 582 cm³/mol. The number of esters is 6. The van der Waals surface area contributed by atoms with Crippen LogP contribution in [-0.4, -0.2) is 212 Å².